The van der Waals surface area contributed by atoms with Gasteiger partial charge in [0.1, 0.15) is 69.6 Å². The number of carbonyl (C=O) groups excluding carboxylic acids is 12. The van der Waals surface area contributed by atoms with E-state index < -0.39 is 448 Å². The van der Waals surface area contributed by atoms with Crippen molar-refractivity contribution in [1.29, 1.82) is 0 Å². The van der Waals surface area contributed by atoms with Crippen LogP contribution < -0.4 is 67.8 Å². The molecule has 0 radical (unpaired) electrons. The lowest BCUT2D eigenvalue weighted by molar-refractivity contribution is -0.133. The highest BCUT2D eigenvalue weighted by Gasteiger charge is 2.38. The molecule has 648 valence electrons. The van der Waals surface area contributed by atoms with Crippen LogP contribution in [0.4, 0.5) is 34.1 Å². The van der Waals surface area contributed by atoms with Crippen LogP contribution in [0.3, 0.4) is 0 Å². The summed E-state index contributed by atoms with van der Waals surface area (Å²) < 4.78 is 308. The smallest absolute Gasteiger partial charge is 0.264 e. The lowest BCUT2D eigenvalue weighted by Gasteiger charge is -2.24. The monoisotopic (exact) mass is 1750 g/mol. The van der Waals surface area contributed by atoms with Crippen molar-refractivity contribution in [2.75, 3.05) is 34.4 Å². The number of benzene rings is 6. The molecule has 12 aromatic rings. The van der Waals surface area contributed by atoms with Crippen molar-refractivity contribution in [1.82, 2.24) is 57.3 Å². The van der Waals surface area contributed by atoms with E-state index in [1.807, 2.05) is 0 Å². The minimum Gasteiger partial charge on any atom is -0.398 e. The Bertz CT molecular complexity index is 8360. The summed E-state index contributed by atoms with van der Waals surface area (Å²) in [4.78, 5) is 245. The molecular formula is C90H90N18O18. The lowest BCUT2D eigenvalue weighted by atomic mass is 9.92. The first-order valence-electron chi connectivity index (χ1n) is 57.0. The van der Waals surface area contributed by atoms with E-state index in [1.165, 1.54) is 0 Å². The second-order valence-electron chi connectivity index (χ2n) is 28.6. The Morgan fingerprint density at radius 2 is 0.421 bits per heavy atom. The lowest BCUT2D eigenvalue weighted by Crippen LogP contribution is -2.36. The Morgan fingerprint density at radius 3 is 0.595 bits per heavy atom. The van der Waals surface area contributed by atoms with Crippen LogP contribution in [-0.4, -0.2) is 127 Å². The van der Waals surface area contributed by atoms with Gasteiger partial charge in [0.05, 0.1) is 169 Å². The molecule has 6 aromatic carbocycles. The molecule has 126 heavy (non-hydrogen) atoms. The maximum atomic E-state index is 13.2. The molecule has 6 aromatic heterocycles. The van der Waals surface area contributed by atoms with Crippen molar-refractivity contribution in [2.45, 2.75) is 193 Å². The SMILES string of the molecule is [2H]c1c([2H])c(N)c2c(=O)n(C3([2H])CCC(=O)CC3=O)c(C([2H])([2H])[2H])nc2c1[2H].[2H]c1c([2H])c(N)c2c(=O)n(C3CCC(=O)CC3=O)c(C([2H])([2H])[2H])nc2c1[2H].[2H]c1c([2H])c(N)c2c(=O)n([C@@H]3CCC(=O)CC3=O)c(C([2H])([2H])[2H])nc2c1[2H].[2H]c1c([2H])c(N)c2c(=O)n([C@@]3([2H])CCC(=O)CC3=O)c(C([2H])([2H])[2H])nc2c1[2H].[2H]c1c([2H])c(N)c2c(=O)n([C@H]3CCC(=O)CC3=O)c(C([2H])([2H])[2H])nc2c1[2H].[2H]c1c([2H])c(N)c2c(=O)n([C@]3([2H])CCC(=O)CC3=O)c(C([2H])([2H])[2H])nc2c1[2H]. The van der Waals surface area contributed by atoms with Gasteiger partial charge in [-0.15, -0.1) is 0 Å². The summed E-state index contributed by atoms with van der Waals surface area (Å²) in [5.41, 5.74) is 22.8. The summed E-state index contributed by atoms with van der Waals surface area (Å²) in [5.74, 6) is -11.7. The number of hydrogen-bond acceptors (Lipinski definition) is 30. The minimum atomic E-state index is -3.04. The molecule has 12 N–H and O–H groups in total. The largest absolute Gasteiger partial charge is 0.398 e. The molecule has 0 amide bonds. The Labute approximate surface area is 769 Å². The Hall–Kier alpha value is -15.0. The molecule has 6 heterocycles. The van der Waals surface area contributed by atoms with E-state index in [4.69, 9.17) is 87.9 Å². The van der Waals surface area contributed by atoms with E-state index >= 15 is 0 Å². The first-order chi connectivity index (χ1) is 75.7. The molecular weight excluding hydrogens is 1620 g/mol. The molecule has 36 heteroatoms. The minimum absolute atomic E-state index is 0.00977. The first-order valence-corrected chi connectivity index (χ1v) is 37.5. The van der Waals surface area contributed by atoms with Gasteiger partial charge in [-0.1, -0.05) is 36.3 Å². The van der Waals surface area contributed by atoms with Crippen LogP contribution in [0.25, 0.3) is 65.4 Å². The zero-order valence-corrected chi connectivity index (χ0v) is 65.1. The molecule has 6 fully saturated rings. The molecule has 6 aliphatic rings. The van der Waals surface area contributed by atoms with Crippen LogP contribution in [-0.2, 0) is 57.5 Å². The van der Waals surface area contributed by atoms with Crippen LogP contribution >= 0.6 is 0 Å². The van der Waals surface area contributed by atoms with Crippen LogP contribution in [0.15, 0.2) is 138 Å². The number of Topliss-reactive ketones (excluding diaryl/α,β-unsaturated/α-hetero) is 12. The van der Waals surface area contributed by atoms with Gasteiger partial charge in [0.25, 0.3) is 33.4 Å². The van der Waals surface area contributed by atoms with Gasteiger partial charge in [-0.25, -0.2) is 29.9 Å². The number of aromatic nitrogens is 12. The van der Waals surface area contributed by atoms with Crippen molar-refractivity contribution >= 4 is 169 Å². The highest BCUT2D eigenvalue weighted by atomic mass is 16.2. The molecule has 2 unspecified atom stereocenters. The van der Waals surface area contributed by atoms with Crippen LogP contribution in [0, 0.1) is 41.1 Å². The fraction of sp³-hybridized carbons (Fsp3) is 0.333. The number of aryl methyl sites for hydroxylation is 6. The summed E-state index contributed by atoms with van der Waals surface area (Å²) in [6.45, 7) is -17.8. The predicted octanol–water partition coefficient (Wildman–Crippen LogP) is 6.90. The average Bonchev–Trinajstić information content (AvgIpc) is 0.714. The summed E-state index contributed by atoms with van der Waals surface area (Å²) in [6, 6.07) is -21.6. The average molecular weight is 1750 g/mol. The van der Waals surface area contributed by atoms with Gasteiger partial charge in [-0.05, 0) is 152 Å². The van der Waals surface area contributed by atoms with E-state index in [9.17, 15) is 86.3 Å². The van der Waals surface area contributed by atoms with Crippen LogP contribution in [0.1, 0.15) is 240 Å². The second-order valence-corrected chi connectivity index (χ2v) is 28.6. The molecule has 36 nitrogen and oxygen atoms in total. The quantitative estimate of drug-likeness (QED) is 0.0727. The number of carbonyl (C=O) groups is 12. The van der Waals surface area contributed by atoms with E-state index in [2.05, 4.69) is 29.9 Å². The third-order valence-corrected chi connectivity index (χ3v) is 20.5. The highest BCUT2D eigenvalue weighted by Crippen LogP contribution is 2.33. The van der Waals surface area contributed by atoms with Gasteiger partial charge >= 0.3 is 0 Å². The third kappa shape index (κ3) is 17.8. The molecule has 0 aliphatic heterocycles. The third-order valence-electron chi connectivity index (χ3n) is 20.5. The number of nitrogen functional groups attached to an aromatic ring is 6. The second kappa shape index (κ2) is 36.6. The number of ketones is 12. The van der Waals surface area contributed by atoms with Gasteiger partial charge in [0.2, 0.25) is 0 Å². The Kier molecular flexibility index (Phi) is 14.9. The fourth-order valence-corrected chi connectivity index (χ4v) is 14.5. The van der Waals surface area contributed by atoms with Crippen molar-refractivity contribution in [2.24, 2.45) is 0 Å². The number of nitrogens with zero attached hydrogens (tertiary/aromatic N) is 12. The zero-order valence-electron chi connectivity index (χ0n) is 104. The standard InChI is InChI=1S/6C15H15N3O3/c6*1-8-17-11-4-2-3-10(16)14(11)15(21)18(8)12-6-5-9(19)7-13(12)20/h6*2-4,12H,5-7,16H2,1H3/t4*12-;;/m1100../s1/i1D3,2D,3D,4D,12D;1D3,2D,3D,4D;1D3,2D,3D,4D,12D;1D3,2D,3D,4D;1D3,2D,3D,4D,12D;1D3,2D,3D,4D. The number of anilines is 6. The molecule has 0 spiro atoms. The van der Waals surface area contributed by atoms with Crippen LogP contribution in [0.2, 0.25) is 0 Å². The van der Waals surface area contributed by atoms with Crippen molar-refractivity contribution in [3.05, 3.63) is 206 Å². The molecule has 6 saturated carbocycles. The summed E-state index contributed by atoms with van der Waals surface area (Å²) in [7, 11) is 0. The van der Waals surface area contributed by atoms with Crippen molar-refractivity contribution in [3.8, 4) is 0 Å². The maximum absolute atomic E-state index is 13.2. The number of rotatable bonds is 6. The Morgan fingerprint density at radius 1 is 0.254 bits per heavy atom. The number of hydrogen-bond donors (Lipinski definition) is 6. The predicted molar refractivity (Wildman–Crippen MR) is 468 cm³/mol. The molecule has 18 rings (SSSR count). The van der Waals surface area contributed by atoms with Crippen molar-refractivity contribution < 1.29 is 111 Å². The van der Waals surface area contributed by atoms with Gasteiger partial charge in [0, 0.05) is 97.3 Å². The normalized spacial score (nSPS) is 26.0. The van der Waals surface area contributed by atoms with Gasteiger partial charge < -0.3 is 34.4 Å². The maximum Gasteiger partial charge on any atom is 0.264 e. The summed E-state index contributed by atoms with van der Waals surface area (Å²) in [5, 5.41) is -2.64. The molecule has 6 aliphatic carbocycles. The van der Waals surface area contributed by atoms with E-state index in [-0.39, 0.29) is 91.3 Å². The van der Waals surface area contributed by atoms with Crippen LogP contribution in [0.5, 0.6) is 0 Å². The summed E-state index contributed by atoms with van der Waals surface area (Å²) in [6.07, 6.45) is -5.08. The van der Waals surface area contributed by atoms with E-state index in [1.54, 1.807) is 0 Å². The first kappa shape index (κ1) is 51.2. The number of nitrogens with two attached hydrogens (primary N) is 6. The van der Waals surface area contributed by atoms with E-state index in [0.717, 1.165) is 0 Å². The Balaban J connectivity index is 0.000000163. The fourth-order valence-electron chi connectivity index (χ4n) is 14.5. The highest BCUT2D eigenvalue weighted by molar-refractivity contribution is 6.08. The topological polar surface area (TPSA) is 570 Å². The van der Waals surface area contributed by atoms with Gasteiger partial charge in [0.15, 0.2) is 34.7 Å². The van der Waals surface area contributed by atoms with Gasteiger partial charge in [-0.2, -0.15) is 0 Å². The molecule has 0 saturated heterocycles. The zero-order chi connectivity index (χ0) is 124. The van der Waals surface area contributed by atoms with E-state index in [0.29, 0.717) is 27.4 Å². The summed E-state index contributed by atoms with van der Waals surface area (Å²) >= 11 is 0. The number of fused-ring (bicyclic) bond motifs is 6. The molecule has 6 atom stereocenters. The molecule has 0 bridgehead atoms. The van der Waals surface area contributed by atoms with Gasteiger partial charge in [-0.3, -0.25) is 114 Å². The van der Waals surface area contributed by atoms with Crippen molar-refractivity contribution in [3.63, 3.8) is 0 Å².